The molecule has 5 rings (SSSR count). The summed E-state index contributed by atoms with van der Waals surface area (Å²) in [7, 11) is 0. The molecule has 2 N–H and O–H groups in total. The van der Waals surface area contributed by atoms with Crippen LogP contribution in [0.1, 0.15) is 57.5 Å². The van der Waals surface area contributed by atoms with E-state index in [0.717, 1.165) is 36.6 Å². The van der Waals surface area contributed by atoms with Gasteiger partial charge in [-0.2, -0.15) is 4.98 Å². The Kier molecular flexibility index (Phi) is 5.48. The number of hydrogen-bond donors (Lipinski definition) is 2. The third kappa shape index (κ3) is 3.98. The number of fused-ring (bicyclic) bond motifs is 2. The molecule has 4 heterocycles. The summed E-state index contributed by atoms with van der Waals surface area (Å²) < 4.78 is 3.62. The van der Waals surface area contributed by atoms with Crippen molar-refractivity contribution in [2.45, 2.75) is 59.0 Å². The van der Waals surface area contributed by atoms with E-state index in [1.807, 2.05) is 30.7 Å². The van der Waals surface area contributed by atoms with Gasteiger partial charge in [0.1, 0.15) is 5.39 Å². The Balaban J connectivity index is 1.63. The van der Waals surface area contributed by atoms with Gasteiger partial charge in [0.05, 0.1) is 5.69 Å². The second-order valence-electron chi connectivity index (χ2n) is 10.2. The summed E-state index contributed by atoms with van der Waals surface area (Å²) in [5, 5.41) is 7.23. The Labute approximate surface area is 199 Å². The predicted molar refractivity (Wildman–Crippen MR) is 135 cm³/mol. The predicted octanol–water partition coefficient (Wildman–Crippen LogP) is 4.24. The van der Waals surface area contributed by atoms with Crippen molar-refractivity contribution in [2.75, 3.05) is 11.9 Å². The minimum Gasteiger partial charge on any atom is -0.324 e. The Morgan fingerprint density at radius 2 is 1.91 bits per heavy atom. The van der Waals surface area contributed by atoms with Crippen molar-refractivity contribution in [3.05, 3.63) is 69.9 Å². The SMILES string of the molecule is CC(C)n1c(=O)c2cnc(Nc3ccc4c(c3)CNCC4)nc2n1-c1ccnc(C(C)(C)C)c1. The zero-order valence-corrected chi connectivity index (χ0v) is 20.4. The van der Waals surface area contributed by atoms with E-state index in [0.29, 0.717) is 17.0 Å². The molecule has 1 aromatic carbocycles. The number of anilines is 2. The second kappa shape index (κ2) is 8.36. The molecule has 8 heteroatoms. The number of nitrogens with zero attached hydrogens (tertiary/aromatic N) is 5. The first kappa shape index (κ1) is 22.3. The molecular formula is C26H31N7O. The lowest BCUT2D eigenvalue weighted by Crippen LogP contribution is -2.24. The Hall–Kier alpha value is -3.52. The van der Waals surface area contributed by atoms with Gasteiger partial charge in [-0.15, -0.1) is 0 Å². The van der Waals surface area contributed by atoms with Crippen molar-refractivity contribution >= 4 is 22.7 Å². The molecule has 34 heavy (non-hydrogen) atoms. The summed E-state index contributed by atoms with van der Waals surface area (Å²) in [4.78, 5) is 27.1. The van der Waals surface area contributed by atoms with Gasteiger partial charge in [0.2, 0.25) is 5.95 Å². The maximum absolute atomic E-state index is 13.3. The van der Waals surface area contributed by atoms with Gasteiger partial charge in [0.15, 0.2) is 5.65 Å². The summed E-state index contributed by atoms with van der Waals surface area (Å²) in [6.07, 6.45) is 4.45. The van der Waals surface area contributed by atoms with Crippen molar-refractivity contribution < 1.29 is 0 Å². The Morgan fingerprint density at radius 1 is 1.09 bits per heavy atom. The van der Waals surface area contributed by atoms with Crippen LogP contribution in [0, 0.1) is 0 Å². The summed E-state index contributed by atoms with van der Waals surface area (Å²) in [6, 6.07) is 10.2. The Morgan fingerprint density at radius 3 is 2.68 bits per heavy atom. The number of nitrogens with one attached hydrogen (secondary N) is 2. The fourth-order valence-corrected chi connectivity index (χ4v) is 4.42. The molecule has 4 aromatic rings. The minimum atomic E-state index is -0.120. The van der Waals surface area contributed by atoms with E-state index in [-0.39, 0.29) is 17.0 Å². The van der Waals surface area contributed by atoms with Crippen molar-refractivity contribution in [1.82, 2.24) is 29.6 Å². The number of hydrogen-bond acceptors (Lipinski definition) is 6. The highest BCUT2D eigenvalue weighted by Crippen LogP contribution is 2.26. The van der Waals surface area contributed by atoms with Gasteiger partial charge in [-0.25, -0.2) is 14.3 Å². The first-order chi connectivity index (χ1) is 16.2. The van der Waals surface area contributed by atoms with Crippen molar-refractivity contribution in [3.63, 3.8) is 0 Å². The molecule has 0 saturated carbocycles. The zero-order valence-electron chi connectivity index (χ0n) is 20.4. The third-order valence-electron chi connectivity index (χ3n) is 6.22. The van der Waals surface area contributed by atoms with Gasteiger partial charge in [-0.05, 0) is 62.2 Å². The number of pyridine rings is 1. The normalized spacial score (nSPS) is 13.9. The van der Waals surface area contributed by atoms with Crippen LogP contribution < -0.4 is 16.2 Å². The highest BCUT2D eigenvalue weighted by molar-refractivity contribution is 5.77. The molecule has 0 aliphatic carbocycles. The van der Waals surface area contributed by atoms with E-state index in [4.69, 9.17) is 4.98 Å². The molecule has 0 radical (unpaired) electrons. The van der Waals surface area contributed by atoms with Gasteiger partial charge < -0.3 is 10.6 Å². The molecule has 3 aromatic heterocycles. The molecular weight excluding hydrogens is 426 g/mol. The van der Waals surface area contributed by atoms with E-state index < -0.39 is 0 Å². The fourth-order valence-electron chi connectivity index (χ4n) is 4.42. The fraction of sp³-hybridized carbons (Fsp3) is 0.385. The molecule has 1 aliphatic heterocycles. The van der Waals surface area contributed by atoms with Crippen LogP contribution >= 0.6 is 0 Å². The monoisotopic (exact) mass is 457 g/mol. The van der Waals surface area contributed by atoms with Crippen molar-refractivity contribution in [2.24, 2.45) is 0 Å². The van der Waals surface area contributed by atoms with Crippen LogP contribution in [-0.2, 0) is 18.4 Å². The van der Waals surface area contributed by atoms with Crippen LogP contribution in [0.25, 0.3) is 16.7 Å². The molecule has 0 amide bonds. The lowest BCUT2D eigenvalue weighted by molar-refractivity contribution is 0.474. The van der Waals surface area contributed by atoms with Crippen molar-refractivity contribution in [3.8, 4) is 5.69 Å². The molecule has 176 valence electrons. The van der Waals surface area contributed by atoms with Gasteiger partial charge in [-0.1, -0.05) is 26.8 Å². The summed E-state index contributed by atoms with van der Waals surface area (Å²) in [6.45, 7) is 12.2. The van der Waals surface area contributed by atoms with E-state index >= 15 is 0 Å². The highest BCUT2D eigenvalue weighted by Gasteiger charge is 2.22. The number of benzene rings is 1. The van der Waals surface area contributed by atoms with Crippen LogP contribution in [0.2, 0.25) is 0 Å². The lowest BCUT2D eigenvalue weighted by atomic mass is 9.91. The molecule has 1 aliphatic rings. The van der Waals surface area contributed by atoms with Gasteiger partial charge in [0, 0.05) is 41.8 Å². The quantitative estimate of drug-likeness (QED) is 0.476. The lowest BCUT2D eigenvalue weighted by Gasteiger charge is -2.20. The minimum absolute atomic E-state index is 0.0579. The molecule has 0 unspecified atom stereocenters. The first-order valence-corrected chi connectivity index (χ1v) is 11.8. The summed E-state index contributed by atoms with van der Waals surface area (Å²) in [5.74, 6) is 0.455. The third-order valence-corrected chi connectivity index (χ3v) is 6.22. The smallest absolute Gasteiger partial charge is 0.278 e. The van der Waals surface area contributed by atoms with Gasteiger partial charge in [-0.3, -0.25) is 9.78 Å². The number of aromatic nitrogens is 5. The molecule has 0 bridgehead atoms. The Bertz CT molecular complexity index is 1430. The van der Waals surface area contributed by atoms with Crippen LogP contribution in [0.3, 0.4) is 0 Å². The largest absolute Gasteiger partial charge is 0.324 e. The molecule has 0 fully saturated rings. The zero-order chi connectivity index (χ0) is 24.0. The first-order valence-electron chi connectivity index (χ1n) is 11.8. The van der Waals surface area contributed by atoms with Crippen LogP contribution in [0.4, 0.5) is 11.6 Å². The average molecular weight is 458 g/mol. The van der Waals surface area contributed by atoms with Gasteiger partial charge in [0.25, 0.3) is 5.56 Å². The average Bonchev–Trinajstić information content (AvgIpc) is 3.10. The van der Waals surface area contributed by atoms with E-state index in [1.165, 1.54) is 11.1 Å². The summed E-state index contributed by atoms with van der Waals surface area (Å²) >= 11 is 0. The maximum atomic E-state index is 13.3. The van der Waals surface area contributed by atoms with Gasteiger partial charge >= 0.3 is 0 Å². The highest BCUT2D eigenvalue weighted by atomic mass is 16.1. The summed E-state index contributed by atoms with van der Waals surface area (Å²) in [5.41, 5.74) is 5.73. The molecule has 0 spiro atoms. The van der Waals surface area contributed by atoms with E-state index in [9.17, 15) is 4.79 Å². The number of rotatable bonds is 4. The topological polar surface area (TPSA) is 89.7 Å². The van der Waals surface area contributed by atoms with Crippen LogP contribution in [-0.4, -0.2) is 30.9 Å². The van der Waals surface area contributed by atoms with Crippen LogP contribution in [0.5, 0.6) is 0 Å². The van der Waals surface area contributed by atoms with Crippen molar-refractivity contribution in [1.29, 1.82) is 0 Å². The second-order valence-corrected chi connectivity index (χ2v) is 10.2. The molecule has 8 nitrogen and oxygen atoms in total. The standard InChI is InChI=1S/C26H31N7O/c1-16(2)32-24(34)21-15-29-25(30-19-7-6-17-8-10-27-14-18(17)12-19)31-23(21)33(32)20-9-11-28-22(13-20)26(3,4)5/h6-7,9,11-13,15-16,27H,8,10,14H2,1-5H3,(H,29,30,31). The maximum Gasteiger partial charge on any atom is 0.278 e. The van der Waals surface area contributed by atoms with E-state index in [2.05, 4.69) is 59.6 Å². The molecule has 0 saturated heterocycles. The van der Waals surface area contributed by atoms with Crippen LogP contribution in [0.15, 0.2) is 47.5 Å². The molecule has 0 atom stereocenters. The van der Waals surface area contributed by atoms with E-state index in [1.54, 1.807) is 17.1 Å².